The van der Waals surface area contributed by atoms with E-state index in [2.05, 4.69) is 23.0 Å². The summed E-state index contributed by atoms with van der Waals surface area (Å²) in [7, 11) is 0. The molecular formula is C19H24N4. The largest absolute Gasteiger partial charge is 0.330 e. The van der Waals surface area contributed by atoms with E-state index in [1.807, 2.05) is 6.20 Å². The van der Waals surface area contributed by atoms with Gasteiger partial charge < -0.3 is 5.73 Å². The van der Waals surface area contributed by atoms with Crippen molar-refractivity contribution in [2.24, 2.45) is 11.7 Å². The molecule has 2 aromatic heterocycles. The van der Waals surface area contributed by atoms with Gasteiger partial charge in [0, 0.05) is 23.9 Å². The molecule has 0 atom stereocenters. The van der Waals surface area contributed by atoms with Gasteiger partial charge in [-0.1, -0.05) is 6.07 Å². The molecule has 0 aliphatic heterocycles. The second-order valence-corrected chi connectivity index (χ2v) is 7.62. The Morgan fingerprint density at radius 3 is 2.61 bits per heavy atom. The lowest BCUT2D eigenvalue weighted by atomic mass is 9.80. The Balaban J connectivity index is 1.53. The lowest BCUT2D eigenvalue weighted by Gasteiger charge is -2.34. The van der Waals surface area contributed by atoms with Crippen molar-refractivity contribution in [3.05, 3.63) is 35.8 Å². The fourth-order valence-electron chi connectivity index (χ4n) is 3.91. The van der Waals surface area contributed by atoms with Gasteiger partial charge in [-0.15, -0.1) is 0 Å². The number of hydrogen-bond donors (Lipinski definition) is 1. The van der Waals surface area contributed by atoms with Gasteiger partial charge in [-0.2, -0.15) is 5.10 Å². The van der Waals surface area contributed by atoms with E-state index in [9.17, 15) is 0 Å². The van der Waals surface area contributed by atoms with E-state index < -0.39 is 0 Å². The van der Waals surface area contributed by atoms with Gasteiger partial charge in [-0.25, -0.2) is 0 Å². The number of nitrogens with zero attached hydrogens (tertiary/aromatic N) is 3. The number of hydrogen-bond acceptors (Lipinski definition) is 3. The first kappa shape index (κ1) is 13.7. The van der Waals surface area contributed by atoms with E-state index in [0.29, 0.717) is 17.9 Å². The van der Waals surface area contributed by atoms with Crippen LogP contribution in [0.4, 0.5) is 0 Å². The van der Waals surface area contributed by atoms with Gasteiger partial charge in [0.05, 0.1) is 17.4 Å². The molecule has 0 aromatic carbocycles. The van der Waals surface area contributed by atoms with Gasteiger partial charge in [0.15, 0.2) is 0 Å². The molecule has 0 unspecified atom stereocenters. The van der Waals surface area contributed by atoms with Gasteiger partial charge in [-0.05, 0) is 68.5 Å². The molecule has 3 saturated carbocycles. The molecule has 120 valence electrons. The van der Waals surface area contributed by atoms with Crippen molar-refractivity contribution in [3.63, 3.8) is 0 Å². The second kappa shape index (κ2) is 5.17. The van der Waals surface area contributed by atoms with E-state index in [-0.39, 0.29) is 0 Å². The third-order valence-corrected chi connectivity index (χ3v) is 5.75. The first-order valence-electron chi connectivity index (χ1n) is 9.08. The first-order valence-corrected chi connectivity index (χ1v) is 9.08. The van der Waals surface area contributed by atoms with Crippen LogP contribution >= 0.6 is 0 Å². The molecule has 2 N–H and O–H groups in total. The van der Waals surface area contributed by atoms with Gasteiger partial charge in [0.2, 0.25) is 0 Å². The lowest BCUT2D eigenvalue weighted by molar-refractivity contribution is 0.189. The minimum absolute atomic E-state index is 0.544. The monoisotopic (exact) mass is 308 g/mol. The van der Waals surface area contributed by atoms with Crippen molar-refractivity contribution in [2.45, 2.75) is 56.4 Å². The van der Waals surface area contributed by atoms with Crippen molar-refractivity contribution in [1.82, 2.24) is 14.8 Å². The molecule has 0 saturated heterocycles. The quantitative estimate of drug-likeness (QED) is 0.918. The highest BCUT2D eigenvalue weighted by atomic mass is 15.3. The highest BCUT2D eigenvalue weighted by Crippen LogP contribution is 2.48. The minimum atomic E-state index is 0.544. The average molecular weight is 308 g/mol. The third kappa shape index (κ3) is 2.40. The predicted molar refractivity (Wildman–Crippen MR) is 90.2 cm³/mol. The van der Waals surface area contributed by atoms with Crippen molar-refractivity contribution < 1.29 is 0 Å². The van der Waals surface area contributed by atoms with Crippen LogP contribution in [0.3, 0.4) is 0 Å². The molecule has 3 fully saturated rings. The van der Waals surface area contributed by atoms with E-state index in [1.54, 1.807) is 0 Å². The third-order valence-electron chi connectivity index (χ3n) is 5.75. The standard InChI is InChI=1S/C19H24N4/c20-10-12-8-15(9-12)23-11-17(18(22-23)14-5-6-14)19-16(13-3-4-13)2-1-7-21-19/h1-2,7,11-15H,3-6,8-10,20H2. The SMILES string of the molecule is NCC1CC(n2cc(-c3ncccc3C3CC3)c(C3CC3)n2)C1. The zero-order chi connectivity index (χ0) is 15.4. The highest BCUT2D eigenvalue weighted by Gasteiger charge is 2.36. The zero-order valence-electron chi connectivity index (χ0n) is 13.5. The van der Waals surface area contributed by atoms with Crippen LogP contribution in [0.2, 0.25) is 0 Å². The predicted octanol–water partition coefficient (Wildman–Crippen LogP) is 3.61. The summed E-state index contributed by atoms with van der Waals surface area (Å²) >= 11 is 0. The Labute approximate surface area is 137 Å². The number of rotatable bonds is 5. The summed E-state index contributed by atoms with van der Waals surface area (Å²) in [5.41, 5.74) is 11.0. The summed E-state index contributed by atoms with van der Waals surface area (Å²) in [6, 6.07) is 4.89. The maximum Gasteiger partial charge on any atom is 0.0771 e. The smallest absolute Gasteiger partial charge is 0.0771 e. The second-order valence-electron chi connectivity index (χ2n) is 7.62. The topological polar surface area (TPSA) is 56.7 Å². The molecule has 23 heavy (non-hydrogen) atoms. The van der Waals surface area contributed by atoms with E-state index >= 15 is 0 Å². The summed E-state index contributed by atoms with van der Waals surface area (Å²) < 4.78 is 2.22. The van der Waals surface area contributed by atoms with Gasteiger partial charge in [-0.3, -0.25) is 9.67 Å². The van der Waals surface area contributed by atoms with Crippen LogP contribution in [0.5, 0.6) is 0 Å². The summed E-state index contributed by atoms with van der Waals surface area (Å²) in [4.78, 5) is 4.76. The Bertz CT molecular complexity index is 721. The maximum absolute atomic E-state index is 5.78. The molecule has 4 heteroatoms. The fraction of sp³-hybridized carbons (Fsp3) is 0.579. The van der Waals surface area contributed by atoms with Crippen LogP contribution in [-0.4, -0.2) is 21.3 Å². The molecule has 2 aromatic rings. The molecule has 2 heterocycles. The zero-order valence-corrected chi connectivity index (χ0v) is 13.5. The normalized spacial score (nSPS) is 27.0. The molecule has 0 bridgehead atoms. The molecule has 0 amide bonds. The van der Waals surface area contributed by atoms with Crippen LogP contribution < -0.4 is 5.73 Å². The van der Waals surface area contributed by atoms with Crippen LogP contribution in [-0.2, 0) is 0 Å². The van der Waals surface area contributed by atoms with Gasteiger partial charge >= 0.3 is 0 Å². The van der Waals surface area contributed by atoms with Crippen LogP contribution in [0.25, 0.3) is 11.3 Å². The van der Waals surface area contributed by atoms with Gasteiger partial charge in [0.25, 0.3) is 0 Å². The molecule has 0 spiro atoms. The van der Waals surface area contributed by atoms with Crippen molar-refractivity contribution in [2.75, 3.05) is 6.54 Å². The molecule has 5 rings (SSSR count). The Morgan fingerprint density at radius 2 is 1.91 bits per heavy atom. The Morgan fingerprint density at radius 1 is 1.13 bits per heavy atom. The molecule has 3 aliphatic rings. The molecule has 0 radical (unpaired) electrons. The molecule has 3 aliphatic carbocycles. The van der Waals surface area contributed by atoms with E-state index in [0.717, 1.165) is 12.5 Å². The van der Waals surface area contributed by atoms with Crippen LogP contribution in [0, 0.1) is 5.92 Å². The van der Waals surface area contributed by atoms with Crippen molar-refractivity contribution >= 4 is 0 Å². The molecular weight excluding hydrogens is 284 g/mol. The van der Waals surface area contributed by atoms with Crippen molar-refractivity contribution in [3.8, 4) is 11.3 Å². The molecule has 4 nitrogen and oxygen atoms in total. The van der Waals surface area contributed by atoms with Crippen molar-refractivity contribution in [1.29, 1.82) is 0 Å². The van der Waals surface area contributed by atoms with E-state index in [1.165, 1.54) is 61.0 Å². The first-order chi connectivity index (χ1) is 11.3. The summed E-state index contributed by atoms with van der Waals surface area (Å²) in [5, 5.41) is 5.00. The highest BCUT2D eigenvalue weighted by molar-refractivity contribution is 5.67. The number of nitrogens with two attached hydrogens (primary N) is 1. The van der Waals surface area contributed by atoms with Gasteiger partial charge in [0.1, 0.15) is 0 Å². The van der Waals surface area contributed by atoms with E-state index in [4.69, 9.17) is 15.8 Å². The lowest BCUT2D eigenvalue weighted by Crippen LogP contribution is -2.32. The van der Waals surface area contributed by atoms with Crippen LogP contribution in [0.15, 0.2) is 24.5 Å². The fourth-order valence-corrected chi connectivity index (χ4v) is 3.91. The average Bonchev–Trinajstić information content (AvgIpc) is 3.44. The Kier molecular flexibility index (Phi) is 3.08. The summed E-state index contributed by atoms with van der Waals surface area (Å²) in [6.07, 6.45) is 11.8. The summed E-state index contributed by atoms with van der Waals surface area (Å²) in [6.45, 7) is 0.812. The Hall–Kier alpha value is -1.68. The number of pyridine rings is 1. The number of aromatic nitrogens is 3. The minimum Gasteiger partial charge on any atom is -0.330 e. The maximum atomic E-state index is 5.78. The van der Waals surface area contributed by atoms with Crippen LogP contribution in [0.1, 0.15) is 67.7 Å². The summed E-state index contributed by atoms with van der Waals surface area (Å²) in [5.74, 6) is 2.07.